The van der Waals surface area contributed by atoms with Crippen LogP contribution in [0, 0.1) is 0 Å². The van der Waals surface area contributed by atoms with Crippen LogP contribution in [-0.2, 0) is 16.0 Å². The molecule has 4 nitrogen and oxygen atoms in total. The molecule has 0 bridgehead atoms. The van der Waals surface area contributed by atoms with Crippen LogP contribution in [0.2, 0.25) is 0 Å². The van der Waals surface area contributed by atoms with Crippen LogP contribution in [0.1, 0.15) is 36.9 Å². The number of aryl methyl sites for hydroxylation is 1. The van der Waals surface area contributed by atoms with Crippen LogP contribution in [0.25, 0.3) is 0 Å². The summed E-state index contributed by atoms with van der Waals surface area (Å²) in [4.78, 5) is 23.3. The van der Waals surface area contributed by atoms with Crippen LogP contribution in [0.4, 0.5) is 0 Å². The van der Waals surface area contributed by atoms with Gasteiger partial charge in [-0.25, -0.2) is 0 Å². The first-order valence-electron chi connectivity index (χ1n) is 6.88. The van der Waals surface area contributed by atoms with Gasteiger partial charge in [-0.05, 0) is 30.4 Å². The molecule has 1 aromatic rings. The van der Waals surface area contributed by atoms with E-state index in [1.54, 1.807) is 0 Å². The smallest absolute Gasteiger partial charge is 0.243 e. The van der Waals surface area contributed by atoms with E-state index in [0.29, 0.717) is 5.75 Å². The molecule has 20 heavy (non-hydrogen) atoms. The van der Waals surface area contributed by atoms with Crippen molar-refractivity contribution in [2.75, 3.05) is 5.75 Å². The van der Waals surface area contributed by atoms with Crippen molar-refractivity contribution < 1.29 is 9.59 Å². The molecular weight excluding hydrogens is 272 g/mol. The summed E-state index contributed by atoms with van der Waals surface area (Å²) >= 11 is 4.13. The minimum atomic E-state index is -0.579. The van der Waals surface area contributed by atoms with Crippen LogP contribution in [0.5, 0.6) is 0 Å². The molecule has 2 unspecified atom stereocenters. The average Bonchev–Trinajstić information content (AvgIpc) is 2.45. The molecule has 2 atom stereocenters. The van der Waals surface area contributed by atoms with E-state index in [9.17, 15) is 9.59 Å². The summed E-state index contributed by atoms with van der Waals surface area (Å²) in [5.74, 6) is -0.0973. The molecule has 0 aromatic heterocycles. The fraction of sp³-hybridized carbons (Fsp3) is 0.467. The van der Waals surface area contributed by atoms with Gasteiger partial charge in [-0.1, -0.05) is 24.3 Å². The van der Waals surface area contributed by atoms with Gasteiger partial charge < -0.3 is 10.6 Å². The number of fused-ring (bicyclic) bond motifs is 1. The highest BCUT2D eigenvalue weighted by Gasteiger charge is 2.25. The number of carbonyl (C=O) groups excluding carboxylic acids is 2. The van der Waals surface area contributed by atoms with Crippen molar-refractivity contribution in [2.45, 2.75) is 38.3 Å². The Kier molecular flexibility index (Phi) is 5.06. The van der Waals surface area contributed by atoms with Crippen LogP contribution in [0.3, 0.4) is 0 Å². The molecule has 1 aromatic carbocycles. The van der Waals surface area contributed by atoms with E-state index in [1.165, 1.54) is 18.1 Å². The van der Waals surface area contributed by atoms with E-state index < -0.39 is 6.04 Å². The zero-order valence-corrected chi connectivity index (χ0v) is 12.5. The normalized spacial score (nSPS) is 18.8. The highest BCUT2D eigenvalue weighted by Crippen LogP contribution is 2.29. The Morgan fingerprint density at radius 2 is 2.15 bits per heavy atom. The minimum absolute atomic E-state index is 0.0311. The summed E-state index contributed by atoms with van der Waals surface area (Å²) < 4.78 is 0. The Morgan fingerprint density at radius 1 is 1.40 bits per heavy atom. The lowest BCUT2D eigenvalue weighted by Crippen LogP contribution is -2.48. The van der Waals surface area contributed by atoms with Crippen molar-refractivity contribution in [3.05, 3.63) is 35.4 Å². The average molecular weight is 292 g/mol. The molecular formula is C15H20N2O2S. The quantitative estimate of drug-likeness (QED) is 0.739. The van der Waals surface area contributed by atoms with Gasteiger partial charge in [0, 0.05) is 12.7 Å². The monoisotopic (exact) mass is 292 g/mol. The van der Waals surface area contributed by atoms with Gasteiger partial charge in [0.25, 0.3) is 0 Å². The highest BCUT2D eigenvalue weighted by atomic mass is 32.1. The lowest BCUT2D eigenvalue weighted by molar-refractivity contribution is -0.128. The van der Waals surface area contributed by atoms with Crippen molar-refractivity contribution in [3.63, 3.8) is 0 Å². The maximum atomic E-state index is 12.2. The molecule has 1 aliphatic carbocycles. The predicted molar refractivity (Wildman–Crippen MR) is 81.7 cm³/mol. The molecule has 2 N–H and O–H groups in total. The van der Waals surface area contributed by atoms with Gasteiger partial charge in [0.15, 0.2) is 0 Å². The first kappa shape index (κ1) is 14.9. The van der Waals surface area contributed by atoms with Gasteiger partial charge in [-0.15, -0.1) is 0 Å². The van der Waals surface area contributed by atoms with E-state index >= 15 is 0 Å². The maximum Gasteiger partial charge on any atom is 0.243 e. The minimum Gasteiger partial charge on any atom is -0.347 e. The molecule has 1 aliphatic rings. The van der Waals surface area contributed by atoms with Gasteiger partial charge in [-0.2, -0.15) is 12.6 Å². The lowest BCUT2D eigenvalue weighted by atomic mass is 9.87. The summed E-state index contributed by atoms with van der Waals surface area (Å²) in [6.07, 6.45) is 3.06. The molecule has 2 amide bonds. The number of rotatable bonds is 4. The van der Waals surface area contributed by atoms with Crippen molar-refractivity contribution in [2.24, 2.45) is 0 Å². The molecule has 0 saturated heterocycles. The zero-order valence-electron chi connectivity index (χ0n) is 11.6. The number of hydrogen-bond acceptors (Lipinski definition) is 3. The Labute approximate surface area is 124 Å². The number of hydrogen-bond donors (Lipinski definition) is 3. The molecule has 0 spiro atoms. The van der Waals surface area contributed by atoms with Gasteiger partial charge >= 0.3 is 0 Å². The number of thiol groups is 1. The second-order valence-corrected chi connectivity index (χ2v) is 5.45. The van der Waals surface area contributed by atoms with Crippen molar-refractivity contribution in [3.8, 4) is 0 Å². The largest absolute Gasteiger partial charge is 0.347 e. The summed E-state index contributed by atoms with van der Waals surface area (Å²) in [5.41, 5.74) is 2.49. The molecule has 0 heterocycles. The summed E-state index contributed by atoms with van der Waals surface area (Å²) in [6.45, 7) is 1.40. The molecule has 2 rings (SSSR count). The number of nitrogens with one attached hydrogen (secondary N) is 2. The highest BCUT2D eigenvalue weighted by molar-refractivity contribution is 7.80. The topological polar surface area (TPSA) is 58.2 Å². The standard InChI is InChI=1S/C15H20N2O2S/c1-10(18)16-14(9-20)15(19)17-13-8-4-6-11-5-2-3-7-12(11)13/h2-3,5,7,13-14,20H,4,6,8-9H2,1H3,(H,16,18)(H,17,19). The SMILES string of the molecule is CC(=O)NC(CS)C(=O)NC1CCCc2ccccc21. The van der Waals surface area contributed by atoms with E-state index in [1.807, 2.05) is 12.1 Å². The predicted octanol–water partition coefficient (Wildman–Crippen LogP) is 1.61. The van der Waals surface area contributed by atoms with Gasteiger partial charge in [-0.3, -0.25) is 9.59 Å². The van der Waals surface area contributed by atoms with Crippen LogP contribution in [0.15, 0.2) is 24.3 Å². The van der Waals surface area contributed by atoms with E-state index in [0.717, 1.165) is 19.3 Å². The molecule has 108 valence electrons. The first-order chi connectivity index (χ1) is 9.61. The second kappa shape index (κ2) is 6.79. The fourth-order valence-corrected chi connectivity index (χ4v) is 2.87. The van der Waals surface area contributed by atoms with Crippen molar-refractivity contribution in [1.29, 1.82) is 0 Å². The lowest BCUT2D eigenvalue weighted by Gasteiger charge is -2.28. The van der Waals surface area contributed by atoms with E-state index in [4.69, 9.17) is 0 Å². The summed E-state index contributed by atoms with van der Waals surface area (Å²) in [7, 11) is 0. The Hall–Kier alpha value is -1.49. The zero-order chi connectivity index (χ0) is 14.5. The third-order valence-corrected chi connectivity index (χ3v) is 3.93. The van der Waals surface area contributed by atoms with E-state index in [-0.39, 0.29) is 17.9 Å². The molecule has 0 saturated carbocycles. The van der Waals surface area contributed by atoms with E-state index in [2.05, 4.69) is 35.4 Å². The molecule has 0 fully saturated rings. The number of amides is 2. The Balaban J connectivity index is 2.07. The van der Waals surface area contributed by atoms with Crippen LogP contribution < -0.4 is 10.6 Å². The maximum absolute atomic E-state index is 12.2. The summed E-state index contributed by atoms with van der Waals surface area (Å²) in [5, 5.41) is 5.64. The van der Waals surface area contributed by atoms with Crippen LogP contribution in [-0.4, -0.2) is 23.6 Å². The Bertz CT molecular complexity index is 504. The van der Waals surface area contributed by atoms with Crippen LogP contribution >= 0.6 is 12.6 Å². The second-order valence-electron chi connectivity index (χ2n) is 5.09. The fourth-order valence-electron chi connectivity index (χ4n) is 2.62. The van der Waals surface area contributed by atoms with Gasteiger partial charge in [0.1, 0.15) is 6.04 Å². The van der Waals surface area contributed by atoms with Crippen molar-refractivity contribution >= 4 is 24.4 Å². The first-order valence-corrected chi connectivity index (χ1v) is 7.51. The Morgan fingerprint density at radius 3 is 2.85 bits per heavy atom. The molecule has 0 aliphatic heterocycles. The molecule has 5 heteroatoms. The summed E-state index contributed by atoms with van der Waals surface area (Å²) in [6, 6.07) is 7.64. The van der Waals surface area contributed by atoms with Gasteiger partial charge in [0.05, 0.1) is 6.04 Å². The third-order valence-electron chi connectivity index (χ3n) is 3.56. The third kappa shape index (κ3) is 3.54. The van der Waals surface area contributed by atoms with Crippen molar-refractivity contribution in [1.82, 2.24) is 10.6 Å². The number of benzene rings is 1. The van der Waals surface area contributed by atoms with Gasteiger partial charge in [0.2, 0.25) is 11.8 Å². The molecule has 0 radical (unpaired) electrons. The number of carbonyl (C=O) groups is 2.